The second kappa shape index (κ2) is 6.38. The van der Waals surface area contributed by atoms with Gasteiger partial charge in [0, 0.05) is 25.8 Å². The van der Waals surface area contributed by atoms with Gasteiger partial charge in [-0.25, -0.2) is 0 Å². The lowest BCUT2D eigenvalue weighted by atomic mass is 10.1. The minimum absolute atomic E-state index is 0.208. The zero-order valence-electron chi connectivity index (χ0n) is 11.3. The standard InChI is InChI=1S/C14H18N2O4/c1-20-7-6-16(9-13(17)18)14(19)12-8-10-4-2-3-5-11(10)15-12/h2-5,12,15H,6-9H2,1H3,(H,17,18)/t12-/m0/s1. The molecule has 20 heavy (non-hydrogen) atoms. The number of aliphatic carboxylic acids is 1. The lowest BCUT2D eigenvalue weighted by Crippen LogP contribution is -2.45. The topological polar surface area (TPSA) is 78.9 Å². The highest BCUT2D eigenvalue weighted by Crippen LogP contribution is 2.25. The van der Waals surface area contributed by atoms with Crippen LogP contribution in [0.25, 0.3) is 0 Å². The van der Waals surface area contributed by atoms with Crippen LogP contribution in [0.15, 0.2) is 24.3 Å². The first kappa shape index (κ1) is 14.3. The minimum atomic E-state index is -1.02. The number of benzene rings is 1. The average Bonchev–Trinajstić information content (AvgIpc) is 2.86. The number of fused-ring (bicyclic) bond motifs is 1. The van der Waals surface area contributed by atoms with Crippen molar-refractivity contribution < 1.29 is 19.4 Å². The third-order valence-corrected chi connectivity index (χ3v) is 3.27. The first-order valence-corrected chi connectivity index (χ1v) is 6.45. The summed E-state index contributed by atoms with van der Waals surface area (Å²) < 4.78 is 4.92. The Labute approximate surface area is 117 Å². The van der Waals surface area contributed by atoms with Gasteiger partial charge < -0.3 is 20.1 Å². The molecule has 6 nitrogen and oxygen atoms in total. The van der Waals surface area contributed by atoms with Crippen LogP contribution in [0.4, 0.5) is 5.69 Å². The van der Waals surface area contributed by atoms with Gasteiger partial charge in [-0.3, -0.25) is 9.59 Å². The lowest BCUT2D eigenvalue weighted by molar-refractivity contribution is -0.145. The quantitative estimate of drug-likeness (QED) is 0.796. The van der Waals surface area contributed by atoms with E-state index in [2.05, 4.69) is 5.32 Å². The van der Waals surface area contributed by atoms with E-state index in [4.69, 9.17) is 9.84 Å². The Kier molecular flexibility index (Phi) is 4.57. The molecule has 1 aliphatic heterocycles. The molecule has 0 spiro atoms. The summed E-state index contributed by atoms with van der Waals surface area (Å²) in [6.07, 6.45) is 0.581. The number of amides is 1. The number of methoxy groups -OCH3 is 1. The van der Waals surface area contributed by atoms with E-state index < -0.39 is 12.0 Å². The van der Waals surface area contributed by atoms with Crippen molar-refractivity contribution >= 4 is 17.6 Å². The van der Waals surface area contributed by atoms with Gasteiger partial charge in [0.05, 0.1) is 6.61 Å². The van der Waals surface area contributed by atoms with Crippen molar-refractivity contribution in [2.75, 3.05) is 32.1 Å². The number of rotatable bonds is 6. The summed E-state index contributed by atoms with van der Waals surface area (Å²) in [6.45, 7) is 0.283. The van der Waals surface area contributed by atoms with E-state index in [1.807, 2.05) is 24.3 Å². The van der Waals surface area contributed by atoms with Gasteiger partial charge in [0.15, 0.2) is 0 Å². The summed E-state index contributed by atoms with van der Waals surface area (Å²) in [5.41, 5.74) is 2.01. The van der Waals surface area contributed by atoms with Gasteiger partial charge in [0.25, 0.3) is 0 Å². The van der Waals surface area contributed by atoms with E-state index in [0.29, 0.717) is 13.0 Å². The van der Waals surface area contributed by atoms with Crippen LogP contribution in [-0.4, -0.2) is 54.7 Å². The summed E-state index contributed by atoms with van der Waals surface area (Å²) in [6, 6.07) is 7.31. The zero-order valence-corrected chi connectivity index (χ0v) is 11.3. The minimum Gasteiger partial charge on any atom is -0.480 e. The van der Waals surface area contributed by atoms with E-state index in [1.54, 1.807) is 0 Å². The Morgan fingerprint density at radius 3 is 2.85 bits per heavy atom. The third kappa shape index (κ3) is 3.27. The number of hydrogen-bond acceptors (Lipinski definition) is 4. The molecule has 0 aliphatic carbocycles. The Hall–Kier alpha value is -2.08. The molecule has 1 aromatic carbocycles. The van der Waals surface area contributed by atoms with Gasteiger partial charge >= 0.3 is 5.97 Å². The Bertz CT molecular complexity index is 479. The summed E-state index contributed by atoms with van der Waals surface area (Å²) in [4.78, 5) is 24.6. The maximum absolute atomic E-state index is 12.4. The predicted molar refractivity (Wildman–Crippen MR) is 73.6 cm³/mol. The van der Waals surface area contributed by atoms with Crippen LogP contribution in [-0.2, 0) is 20.7 Å². The molecule has 108 valence electrons. The smallest absolute Gasteiger partial charge is 0.323 e. The average molecular weight is 278 g/mol. The number of nitrogens with zero attached hydrogens (tertiary/aromatic N) is 1. The maximum Gasteiger partial charge on any atom is 0.323 e. The monoisotopic (exact) mass is 278 g/mol. The molecule has 0 unspecified atom stereocenters. The van der Waals surface area contributed by atoms with Crippen LogP contribution in [0.5, 0.6) is 0 Å². The molecule has 6 heteroatoms. The van der Waals surface area contributed by atoms with Crippen LogP contribution in [0.1, 0.15) is 5.56 Å². The summed E-state index contributed by atoms with van der Waals surface area (Å²) in [5, 5.41) is 12.0. The number of carbonyl (C=O) groups excluding carboxylic acids is 1. The maximum atomic E-state index is 12.4. The van der Waals surface area contributed by atoms with Crippen LogP contribution in [0.2, 0.25) is 0 Å². The molecule has 0 aromatic heterocycles. The second-order valence-electron chi connectivity index (χ2n) is 4.70. The normalized spacial score (nSPS) is 16.4. The summed E-state index contributed by atoms with van der Waals surface area (Å²) in [7, 11) is 1.52. The van der Waals surface area contributed by atoms with Gasteiger partial charge in [-0.2, -0.15) is 0 Å². The van der Waals surface area contributed by atoms with E-state index in [0.717, 1.165) is 11.3 Å². The molecule has 2 rings (SSSR count). The highest BCUT2D eigenvalue weighted by Gasteiger charge is 2.30. The van der Waals surface area contributed by atoms with Gasteiger partial charge in [0.1, 0.15) is 12.6 Å². The SMILES string of the molecule is COCCN(CC(=O)O)C(=O)[C@@H]1Cc2ccccc2N1. The summed E-state index contributed by atoms with van der Waals surface area (Å²) >= 11 is 0. The molecule has 0 bridgehead atoms. The Balaban J connectivity index is 2.03. The van der Waals surface area contributed by atoms with E-state index in [9.17, 15) is 9.59 Å². The third-order valence-electron chi connectivity index (χ3n) is 3.27. The van der Waals surface area contributed by atoms with Crippen LogP contribution in [0.3, 0.4) is 0 Å². The van der Waals surface area contributed by atoms with Crippen molar-refractivity contribution in [3.8, 4) is 0 Å². The fourth-order valence-electron chi connectivity index (χ4n) is 2.30. The molecule has 0 fully saturated rings. The highest BCUT2D eigenvalue weighted by atomic mass is 16.5. The van der Waals surface area contributed by atoms with E-state index >= 15 is 0 Å². The number of hydrogen-bond donors (Lipinski definition) is 2. The molecule has 0 saturated carbocycles. The molecular formula is C14H18N2O4. The number of nitrogens with one attached hydrogen (secondary N) is 1. The summed E-state index contributed by atoms with van der Waals surface area (Å²) in [5.74, 6) is -1.23. The van der Waals surface area contributed by atoms with Gasteiger partial charge in [-0.1, -0.05) is 18.2 Å². The van der Waals surface area contributed by atoms with Crippen molar-refractivity contribution in [1.82, 2.24) is 4.90 Å². The number of para-hydroxylation sites is 1. The molecule has 1 aliphatic rings. The fourth-order valence-corrected chi connectivity index (χ4v) is 2.30. The zero-order chi connectivity index (χ0) is 14.5. The molecule has 0 radical (unpaired) electrons. The van der Waals surface area contributed by atoms with Crippen LogP contribution in [0, 0.1) is 0 Å². The predicted octanol–water partition coefficient (Wildman–Crippen LogP) is 0.583. The van der Waals surface area contributed by atoms with Crippen molar-refractivity contribution in [3.05, 3.63) is 29.8 Å². The number of carboxylic acid groups (broad SMARTS) is 1. The van der Waals surface area contributed by atoms with Crippen LogP contribution < -0.4 is 5.32 Å². The van der Waals surface area contributed by atoms with Gasteiger partial charge in [-0.05, 0) is 11.6 Å². The molecule has 1 heterocycles. The van der Waals surface area contributed by atoms with E-state index in [1.165, 1.54) is 12.0 Å². The molecule has 1 atom stereocenters. The Morgan fingerprint density at radius 2 is 2.20 bits per heavy atom. The second-order valence-corrected chi connectivity index (χ2v) is 4.70. The first-order chi connectivity index (χ1) is 9.61. The van der Waals surface area contributed by atoms with Crippen molar-refractivity contribution in [2.45, 2.75) is 12.5 Å². The fraction of sp³-hybridized carbons (Fsp3) is 0.429. The highest BCUT2D eigenvalue weighted by molar-refractivity contribution is 5.89. The number of anilines is 1. The van der Waals surface area contributed by atoms with Crippen molar-refractivity contribution in [3.63, 3.8) is 0 Å². The molecule has 1 amide bonds. The van der Waals surface area contributed by atoms with E-state index in [-0.39, 0.29) is 19.0 Å². The van der Waals surface area contributed by atoms with Gasteiger partial charge in [-0.15, -0.1) is 0 Å². The number of carbonyl (C=O) groups is 2. The molecular weight excluding hydrogens is 260 g/mol. The number of ether oxygens (including phenoxy) is 1. The largest absolute Gasteiger partial charge is 0.480 e. The molecule has 2 N–H and O–H groups in total. The molecule has 0 saturated heterocycles. The number of carboxylic acids is 1. The Morgan fingerprint density at radius 1 is 1.45 bits per heavy atom. The van der Waals surface area contributed by atoms with Crippen molar-refractivity contribution in [2.24, 2.45) is 0 Å². The molecule has 1 aromatic rings. The lowest BCUT2D eigenvalue weighted by Gasteiger charge is -2.24. The first-order valence-electron chi connectivity index (χ1n) is 6.45. The van der Waals surface area contributed by atoms with Crippen molar-refractivity contribution in [1.29, 1.82) is 0 Å². The van der Waals surface area contributed by atoms with Crippen LogP contribution >= 0.6 is 0 Å². The van der Waals surface area contributed by atoms with Gasteiger partial charge in [0.2, 0.25) is 5.91 Å².